The van der Waals surface area contributed by atoms with Gasteiger partial charge in [-0.15, -0.1) is 0 Å². The SMILES string of the molecule is Cc1ccccc1CN1c2ccccc2CC1C(=O)O. The molecular weight excluding hydrogens is 250 g/mol. The van der Waals surface area contributed by atoms with E-state index >= 15 is 0 Å². The first-order valence-electron chi connectivity index (χ1n) is 6.78. The number of carboxylic acid groups (broad SMARTS) is 1. The third-order valence-electron chi connectivity index (χ3n) is 3.98. The lowest BCUT2D eigenvalue weighted by Gasteiger charge is -2.25. The van der Waals surface area contributed by atoms with Crippen molar-refractivity contribution in [2.24, 2.45) is 0 Å². The van der Waals surface area contributed by atoms with E-state index in [0.717, 1.165) is 11.3 Å². The molecule has 0 radical (unpaired) electrons. The van der Waals surface area contributed by atoms with Crippen LogP contribution in [-0.2, 0) is 17.8 Å². The first-order chi connectivity index (χ1) is 9.66. The topological polar surface area (TPSA) is 40.5 Å². The number of hydrogen-bond donors (Lipinski definition) is 1. The molecule has 1 N–H and O–H groups in total. The van der Waals surface area contributed by atoms with E-state index in [4.69, 9.17) is 0 Å². The van der Waals surface area contributed by atoms with Crippen LogP contribution in [0.15, 0.2) is 48.5 Å². The van der Waals surface area contributed by atoms with Crippen LogP contribution in [0.1, 0.15) is 16.7 Å². The highest BCUT2D eigenvalue weighted by molar-refractivity contribution is 5.82. The fourth-order valence-electron chi connectivity index (χ4n) is 2.84. The van der Waals surface area contributed by atoms with Gasteiger partial charge in [0.15, 0.2) is 0 Å². The highest BCUT2D eigenvalue weighted by Gasteiger charge is 2.34. The Morgan fingerprint density at radius 3 is 2.65 bits per heavy atom. The Balaban J connectivity index is 1.97. The van der Waals surface area contributed by atoms with E-state index in [0.29, 0.717) is 13.0 Å². The number of rotatable bonds is 3. The van der Waals surface area contributed by atoms with Crippen LogP contribution in [0.5, 0.6) is 0 Å². The van der Waals surface area contributed by atoms with Gasteiger partial charge in [0.1, 0.15) is 6.04 Å². The molecule has 0 bridgehead atoms. The van der Waals surface area contributed by atoms with Crippen molar-refractivity contribution < 1.29 is 9.90 Å². The zero-order valence-electron chi connectivity index (χ0n) is 11.4. The van der Waals surface area contributed by atoms with Crippen LogP contribution in [0, 0.1) is 6.92 Å². The van der Waals surface area contributed by atoms with Gasteiger partial charge in [-0.3, -0.25) is 0 Å². The Bertz CT molecular complexity index is 651. The lowest BCUT2D eigenvalue weighted by molar-refractivity contribution is -0.138. The van der Waals surface area contributed by atoms with Crippen LogP contribution < -0.4 is 4.90 Å². The average molecular weight is 267 g/mol. The molecule has 3 nitrogen and oxygen atoms in total. The molecule has 2 aromatic rings. The van der Waals surface area contributed by atoms with Crippen LogP contribution >= 0.6 is 0 Å². The number of fused-ring (bicyclic) bond motifs is 1. The number of nitrogens with zero attached hydrogens (tertiary/aromatic N) is 1. The molecule has 3 heteroatoms. The molecule has 1 aliphatic heterocycles. The van der Waals surface area contributed by atoms with Crippen LogP contribution in [0.3, 0.4) is 0 Å². The van der Waals surface area contributed by atoms with Gasteiger partial charge in [0.25, 0.3) is 0 Å². The van der Waals surface area contributed by atoms with Crippen LogP contribution in [0.4, 0.5) is 5.69 Å². The predicted molar refractivity (Wildman–Crippen MR) is 78.9 cm³/mol. The van der Waals surface area contributed by atoms with Crippen molar-refractivity contribution in [2.45, 2.75) is 25.9 Å². The van der Waals surface area contributed by atoms with E-state index < -0.39 is 12.0 Å². The van der Waals surface area contributed by atoms with Gasteiger partial charge in [0, 0.05) is 18.7 Å². The summed E-state index contributed by atoms with van der Waals surface area (Å²) in [6.45, 7) is 2.70. The Kier molecular flexibility index (Phi) is 3.18. The molecule has 0 saturated heterocycles. The summed E-state index contributed by atoms with van der Waals surface area (Å²) in [7, 11) is 0. The maximum absolute atomic E-state index is 11.5. The zero-order chi connectivity index (χ0) is 14.1. The third kappa shape index (κ3) is 2.16. The van der Waals surface area contributed by atoms with Crippen molar-refractivity contribution in [3.8, 4) is 0 Å². The number of aliphatic carboxylic acids is 1. The molecule has 0 aromatic heterocycles. The summed E-state index contributed by atoms with van der Waals surface area (Å²) in [4.78, 5) is 13.5. The molecular formula is C17H17NO2. The molecule has 3 rings (SSSR count). The third-order valence-corrected chi connectivity index (χ3v) is 3.98. The van der Waals surface area contributed by atoms with Crippen molar-refractivity contribution in [3.05, 3.63) is 65.2 Å². The van der Waals surface area contributed by atoms with Gasteiger partial charge in [-0.2, -0.15) is 0 Å². The van der Waals surface area contributed by atoms with Crippen LogP contribution in [-0.4, -0.2) is 17.1 Å². The van der Waals surface area contributed by atoms with Crippen molar-refractivity contribution >= 4 is 11.7 Å². The summed E-state index contributed by atoms with van der Waals surface area (Å²) in [5, 5.41) is 9.46. The second-order valence-corrected chi connectivity index (χ2v) is 5.24. The molecule has 1 aliphatic rings. The van der Waals surface area contributed by atoms with Crippen LogP contribution in [0.25, 0.3) is 0 Å². The molecule has 0 amide bonds. The highest BCUT2D eigenvalue weighted by atomic mass is 16.4. The highest BCUT2D eigenvalue weighted by Crippen LogP contribution is 2.33. The van der Waals surface area contributed by atoms with Crippen molar-refractivity contribution in [3.63, 3.8) is 0 Å². The summed E-state index contributed by atoms with van der Waals surface area (Å²) < 4.78 is 0. The normalized spacial score (nSPS) is 17.1. The Hall–Kier alpha value is -2.29. The van der Waals surface area contributed by atoms with E-state index in [1.54, 1.807) is 0 Å². The van der Waals surface area contributed by atoms with E-state index in [1.165, 1.54) is 11.1 Å². The van der Waals surface area contributed by atoms with E-state index in [2.05, 4.69) is 19.1 Å². The minimum Gasteiger partial charge on any atom is -0.480 e. The number of carboxylic acids is 1. The second-order valence-electron chi connectivity index (χ2n) is 5.24. The number of anilines is 1. The molecule has 102 valence electrons. The summed E-state index contributed by atoms with van der Waals surface area (Å²) >= 11 is 0. The average Bonchev–Trinajstić information content (AvgIpc) is 2.81. The van der Waals surface area contributed by atoms with Gasteiger partial charge in [0.2, 0.25) is 0 Å². The molecule has 1 heterocycles. The number of aryl methyl sites for hydroxylation is 1. The van der Waals surface area contributed by atoms with Crippen molar-refractivity contribution in [1.29, 1.82) is 0 Å². The summed E-state index contributed by atoms with van der Waals surface area (Å²) in [6, 6.07) is 15.6. The fraction of sp³-hybridized carbons (Fsp3) is 0.235. The molecule has 2 aromatic carbocycles. The molecule has 0 spiro atoms. The number of carbonyl (C=O) groups is 1. The molecule has 0 saturated carbocycles. The largest absolute Gasteiger partial charge is 0.480 e. The smallest absolute Gasteiger partial charge is 0.326 e. The summed E-state index contributed by atoms with van der Waals surface area (Å²) in [6.07, 6.45) is 0.581. The van der Waals surface area contributed by atoms with Crippen molar-refractivity contribution in [1.82, 2.24) is 0 Å². The standard InChI is InChI=1S/C17H17NO2/c1-12-6-2-3-8-14(12)11-18-15-9-5-4-7-13(15)10-16(18)17(19)20/h2-9,16H,10-11H2,1H3,(H,19,20). The van der Waals surface area contributed by atoms with Gasteiger partial charge in [-0.25, -0.2) is 4.79 Å². The van der Waals surface area contributed by atoms with Crippen molar-refractivity contribution in [2.75, 3.05) is 4.90 Å². The molecule has 0 fully saturated rings. The maximum atomic E-state index is 11.5. The molecule has 20 heavy (non-hydrogen) atoms. The van der Waals surface area contributed by atoms with Gasteiger partial charge < -0.3 is 10.0 Å². The van der Waals surface area contributed by atoms with Gasteiger partial charge in [0.05, 0.1) is 0 Å². The van der Waals surface area contributed by atoms with E-state index in [-0.39, 0.29) is 0 Å². The second kappa shape index (κ2) is 5.00. The van der Waals surface area contributed by atoms with Gasteiger partial charge >= 0.3 is 5.97 Å². The zero-order valence-corrected chi connectivity index (χ0v) is 11.4. The molecule has 0 aliphatic carbocycles. The van der Waals surface area contributed by atoms with E-state index in [1.807, 2.05) is 41.3 Å². The van der Waals surface area contributed by atoms with Gasteiger partial charge in [-0.05, 0) is 29.7 Å². The van der Waals surface area contributed by atoms with Gasteiger partial charge in [-0.1, -0.05) is 42.5 Å². The first-order valence-corrected chi connectivity index (χ1v) is 6.78. The lowest BCUT2D eigenvalue weighted by Crippen LogP contribution is -2.38. The Morgan fingerprint density at radius 1 is 1.20 bits per heavy atom. The Labute approximate surface area is 118 Å². The summed E-state index contributed by atoms with van der Waals surface area (Å²) in [5.74, 6) is -0.755. The number of hydrogen-bond acceptors (Lipinski definition) is 2. The number of para-hydroxylation sites is 1. The summed E-state index contributed by atoms with van der Waals surface area (Å²) in [5.41, 5.74) is 4.54. The maximum Gasteiger partial charge on any atom is 0.326 e. The molecule has 1 unspecified atom stereocenters. The Morgan fingerprint density at radius 2 is 1.90 bits per heavy atom. The quantitative estimate of drug-likeness (QED) is 0.929. The monoisotopic (exact) mass is 267 g/mol. The molecule has 1 atom stereocenters. The lowest BCUT2D eigenvalue weighted by atomic mass is 10.1. The number of benzene rings is 2. The first kappa shape index (κ1) is 12.7. The van der Waals surface area contributed by atoms with E-state index in [9.17, 15) is 9.90 Å². The minimum atomic E-state index is -0.755. The predicted octanol–water partition coefficient (Wildman–Crippen LogP) is 3.01. The minimum absolute atomic E-state index is 0.466. The fourth-order valence-corrected chi connectivity index (χ4v) is 2.84. The van der Waals surface area contributed by atoms with Crippen LogP contribution in [0.2, 0.25) is 0 Å².